The molecule has 0 fully saturated rings. The lowest BCUT2D eigenvalue weighted by molar-refractivity contribution is 0.0214. The van der Waals surface area contributed by atoms with Gasteiger partial charge in [0.2, 0.25) is 0 Å². The summed E-state index contributed by atoms with van der Waals surface area (Å²) in [6, 6.07) is 2.12. The number of hydrogen-bond acceptors (Lipinski definition) is 3. The average molecular weight is 308 g/mol. The summed E-state index contributed by atoms with van der Waals surface area (Å²) in [7, 11) is 0. The minimum atomic E-state index is -0.692. The zero-order valence-electron chi connectivity index (χ0n) is 14.9. The van der Waals surface area contributed by atoms with Crippen LogP contribution >= 0.6 is 0 Å². The molecule has 0 bridgehead atoms. The van der Waals surface area contributed by atoms with Gasteiger partial charge in [-0.3, -0.25) is 0 Å². The number of benzene rings is 1. The molecule has 0 aliphatic carbocycles. The summed E-state index contributed by atoms with van der Waals surface area (Å²) in [6.45, 7) is 13.0. The van der Waals surface area contributed by atoms with Crippen LogP contribution in [0.4, 0.5) is 0 Å². The van der Waals surface area contributed by atoms with Gasteiger partial charge in [-0.15, -0.1) is 0 Å². The molecular formula is C19H32O3. The van der Waals surface area contributed by atoms with Crippen molar-refractivity contribution in [1.29, 1.82) is 0 Å². The Morgan fingerprint density at radius 2 is 1.73 bits per heavy atom. The van der Waals surface area contributed by atoms with E-state index in [1.165, 1.54) is 22.3 Å². The van der Waals surface area contributed by atoms with E-state index in [2.05, 4.69) is 40.7 Å². The molecule has 3 nitrogen and oxygen atoms in total. The summed E-state index contributed by atoms with van der Waals surface area (Å²) in [4.78, 5) is 0. The Labute approximate surface area is 135 Å². The van der Waals surface area contributed by atoms with E-state index in [1.54, 1.807) is 6.92 Å². The van der Waals surface area contributed by atoms with Gasteiger partial charge in [-0.1, -0.05) is 13.8 Å². The van der Waals surface area contributed by atoms with Crippen molar-refractivity contribution in [3.63, 3.8) is 0 Å². The number of hydrogen-bond donors (Lipinski definition) is 2. The van der Waals surface area contributed by atoms with Crippen LogP contribution in [-0.2, 0) is 0 Å². The van der Waals surface area contributed by atoms with Gasteiger partial charge in [-0.05, 0) is 81.2 Å². The first-order valence-corrected chi connectivity index (χ1v) is 8.42. The van der Waals surface area contributed by atoms with Crippen molar-refractivity contribution >= 4 is 0 Å². The molecule has 3 atom stereocenters. The Morgan fingerprint density at radius 1 is 1.09 bits per heavy atom. The number of aliphatic hydroxyl groups is 2. The molecule has 0 radical (unpaired) electrons. The Hall–Kier alpha value is -1.06. The van der Waals surface area contributed by atoms with Crippen molar-refractivity contribution in [2.75, 3.05) is 6.61 Å². The van der Waals surface area contributed by atoms with Crippen LogP contribution in [0.15, 0.2) is 6.07 Å². The molecule has 0 aliphatic rings. The van der Waals surface area contributed by atoms with Gasteiger partial charge in [0, 0.05) is 0 Å². The summed E-state index contributed by atoms with van der Waals surface area (Å²) < 4.78 is 5.85. The molecule has 0 spiro atoms. The monoisotopic (exact) mass is 308 g/mol. The molecule has 1 aromatic rings. The first kappa shape index (κ1) is 19.0. The van der Waals surface area contributed by atoms with E-state index in [4.69, 9.17) is 4.74 Å². The van der Waals surface area contributed by atoms with Gasteiger partial charge >= 0.3 is 0 Å². The third kappa shape index (κ3) is 4.47. The first-order chi connectivity index (χ1) is 10.3. The molecule has 1 rings (SSSR count). The maximum Gasteiger partial charge on any atom is 0.122 e. The molecule has 2 N–H and O–H groups in total. The lowest BCUT2D eigenvalue weighted by Gasteiger charge is -2.26. The zero-order valence-corrected chi connectivity index (χ0v) is 14.9. The number of rotatable bonds is 8. The minimum Gasteiger partial charge on any atom is -0.493 e. The zero-order chi connectivity index (χ0) is 16.9. The lowest BCUT2D eigenvalue weighted by Crippen LogP contribution is -2.25. The molecular weight excluding hydrogens is 276 g/mol. The Kier molecular flexibility index (Phi) is 7.37. The van der Waals surface area contributed by atoms with E-state index in [1.807, 2.05) is 0 Å². The fourth-order valence-corrected chi connectivity index (χ4v) is 3.03. The summed E-state index contributed by atoms with van der Waals surface area (Å²) in [5.41, 5.74) is 4.93. The molecule has 0 amide bonds. The van der Waals surface area contributed by atoms with Crippen LogP contribution in [0.3, 0.4) is 0 Å². The molecule has 126 valence electrons. The predicted molar refractivity (Wildman–Crippen MR) is 91.8 cm³/mol. The van der Waals surface area contributed by atoms with Crippen molar-refractivity contribution in [1.82, 2.24) is 0 Å². The Morgan fingerprint density at radius 3 is 2.23 bits per heavy atom. The summed E-state index contributed by atoms with van der Waals surface area (Å²) in [5.74, 6) is 1.22. The molecule has 3 heteroatoms. The SMILES string of the molecule is CCCOc1cc(C)c(C(CC)CC(O)C(C)O)c(C)c1C. The highest BCUT2D eigenvalue weighted by Crippen LogP contribution is 2.36. The van der Waals surface area contributed by atoms with Gasteiger partial charge in [-0.2, -0.15) is 0 Å². The van der Waals surface area contributed by atoms with Crippen LogP contribution in [-0.4, -0.2) is 29.0 Å². The first-order valence-electron chi connectivity index (χ1n) is 8.42. The second-order valence-electron chi connectivity index (χ2n) is 6.35. The van der Waals surface area contributed by atoms with E-state index in [-0.39, 0.29) is 5.92 Å². The van der Waals surface area contributed by atoms with Crippen molar-refractivity contribution in [2.24, 2.45) is 0 Å². The summed E-state index contributed by atoms with van der Waals surface area (Å²) in [5, 5.41) is 19.6. The van der Waals surface area contributed by atoms with Crippen LogP contribution in [0.2, 0.25) is 0 Å². The van der Waals surface area contributed by atoms with Crippen LogP contribution < -0.4 is 4.74 Å². The summed E-state index contributed by atoms with van der Waals surface area (Å²) in [6.07, 6.45) is 1.16. The highest BCUT2D eigenvalue weighted by molar-refractivity contribution is 5.49. The van der Waals surface area contributed by atoms with Gasteiger partial charge in [0.15, 0.2) is 0 Å². The van der Waals surface area contributed by atoms with Crippen molar-refractivity contribution in [3.8, 4) is 5.75 Å². The number of aryl methyl sites for hydroxylation is 1. The van der Waals surface area contributed by atoms with Gasteiger partial charge in [0.1, 0.15) is 5.75 Å². The molecule has 0 aromatic heterocycles. The highest BCUT2D eigenvalue weighted by Gasteiger charge is 2.23. The normalized spacial score (nSPS) is 15.5. The Balaban J connectivity index is 3.14. The molecule has 0 saturated carbocycles. The maximum atomic E-state index is 10.0. The van der Waals surface area contributed by atoms with Crippen molar-refractivity contribution < 1.29 is 14.9 Å². The van der Waals surface area contributed by atoms with Crippen LogP contribution in [0.1, 0.15) is 68.2 Å². The third-order valence-corrected chi connectivity index (χ3v) is 4.55. The quantitative estimate of drug-likeness (QED) is 0.762. The molecule has 0 aliphatic heterocycles. The minimum absolute atomic E-state index is 0.253. The van der Waals surface area contributed by atoms with E-state index >= 15 is 0 Å². The van der Waals surface area contributed by atoms with Crippen LogP contribution in [0.5, 0.6) is 5.75 Å². The Bertz CT molecular complexity index is 480. The molecule has 1 aromatic carbocycles. The van der Waals surface area contributed by atoms with E-state index < -0.39 is 12.2 Å². The molecule has 22 heavy (non-hydrogen) atoms. The molecule has 0 heterocycles. The average Bonchev–Trinajstić information content (AvgIpc) is 2.48. The third-order valence-electron chi connectivity index (χ3n) is 4.55. The standard InChI is InChI=1S/C19H32O3/c1-7-9-22-18-10-12(3)19(14(5)13(18)4)16(8-2)11-17(21)15(6)20/h10,15-17,20-21H,7-9,11H2,1-6H3. The maximum absolute atomic E-state index is 10.0. The molecule has 0 saturated heterocycles. The number of ether oxygens (including phenoxy) is 1. The molecule has 3 unspecified atom stereocenters. The van der Waals surface area contributed by atoms with E-state index in [9.17, 15) is 10.2 Å². The van der Waals surface area contributed by atoms with Crippen LogP contribution in [0, 0.1) is 20.8 Å². The van der Waals surface area contributed by atoms with Gasteiger partial charge < -0.3 is 14.9 Å². The predicted octanol–water partition coefficient (Wildman–Crippen LogP) is 4.03. The fourth-order valence-electron chi connectivity index (χ4n) is 3.03. The van der Waals surface area contributed by atoms with E-state index in [0.29, 0.717) is 6.42 Å². The summed E-state index contributed by atoms with van der Waals surface area (Å²) >= 11 is 0. The van der Waals surface area contributed by atoms with Gasteiger partial charge in [-0.25, -0.2) is 0 Å². The topological polar surface area (TPSA) is 49.7 Å². The smallest absolute Gasteiger partial charge is 0.122 e. The lowest BCUT2D eigenvalue weighted by atomic mass is 9.82. The number of aliphatic hydroxyl groups excluding tert-OH is 2. The fraction of sp³-hybridized carbons (Fsp3) is 0.684. The second kappa shape index (κ2) is 8.54. The van der Waals surface area contributed by atoms with Crippen molar-refractivity contribution in [3.05, 3.63) is 28.3 Å². The van der Waals surface area contributed by atoms with E-state index in [0.717, 1.165) is 25.2 Å². The van der Waals surface area contributed by atoms with Gasteiger partial charge in [0.05, 0.1) is 18.8 Å². The van der Waals surface area contributed by atoms with Gasteiger partial charge in [0.25, 0.3) is 0 Å². The highest BCUT2D eigenvalue weighted by atomic mass is 16.5. The van der Waals surface area contributed by atoms with Crippen LogP contribution in [0.25, 0.3) is 0 Å². The second-order valence-corrected chi connectivity index (χ2v) is 6.35. The largest absolute Gasteiger partial charge is 0.493 e. The van der Waals surface area contributed by atoms with Crippen molar-refractivity contribution in [2.45, 2.75) is 78.9 Å².